The maximum Gasteiger partial charge on any atom is 0.410 e. The van der Waals surface area contributed by atoms with Crippen molar-refractivity contribution in [1.29, 1.82) is 0 Å². The molecule has 2 N–H and O–H groups in total. The second-order valence-corrected chi connectivity index (χ2v) is 6.85. The highest BCUT2D eigenvalue weighted by Crippen LogP contribution is 2.16. The number of aliphatic hydroxyl groups is 1. The number of amides is 1. The van der Waals surface area contributed by atoms with E-state index in [1.54, 1.807) is 16.2 Å². The molecule has 5 nitrogen and oxygen atoms in total. The lowest BCUT2D eigenvalue weighted by molar-refractivity contribution is 0.0270. The molecule has 6 heteroatoms. The van der Waals surface area contributed by atoms with Crippen LogP contribution in [0.3, 0.4) is 0 Å². The summed E-state index contributed by atoms with van der Waals surface area (Å²) in [6.07, 6.45) is -0.919. The summed E-state index contributed by atoms with van der Waals surface area (Å²) in [5.41, 5.74) is 0.683. The van der Waals surface area contributed by atoms with Gasteiger partial charge in [-0.25, -0.2) is 4.79 Å². The van der Waals surface area contributed by atoms with Gasteiger partial charge < -0.3 is 20.1 Å². The van der Waals surface area contributed by atoms with Crippen molar-refractivity contribution < 1.29 is 14.6 Å². The molecule has 112 valence electrons. The molecule has 1 aliphatic rings. The zero-order valence-electron chi connectivity index (χ0n) is 12.1. The second-order valence-electron chi connectivity index (χ2n) is 6.07. The van der Waals surface area contributed by atoms with Crippen LogP contribution in [0.15, 0.2) is 16.8 Å². The molecular formula is C14H22N2O3S. The maximum absolute atomic E-state index is 12.0. The summed E-state index contributed by atoms with van der Waals surface area (Å²) in [7, 11) is 0. The highest BCUT2D eigenvalue weighted by atomic mass is 32.1. The molecule has 0 bridgehead atoms. The minimum Gasteiger partial charge on any atom is -0.444 e. The molecule has 2 rings (SSSR count). The van der Waals surface area contributed by atoms with E-state index in [9.17, 15) is 9.90 Å². The number of ether oxygens (including phenoxy) is 1. The SMILES string of the molecule is CC(C)(C)OC(=O)N1C[C@H](NCc2ccsc2)[C@@H](O)C1. The van der Waals surface area contributed by atoms with E-state index in [-0.39, 0.29) is 12.1 Å². The molecule has 0 saturated carbocycles. The van der Waals surface area contributed by atoms with Crippen LogP contribution in [0.5, 0.6) is 0 Å². The summed E-state index contributed by atoms with van der Waals surface area (Å²) >= 11 is 1.65. The Morgan fingerprint density at radius 2 is 2.30 bits per heavy atom. The van der Waals surface area contributed by atoms with Gasteiger partial charge in [-0.05, 0) is 43.2 Å². The van der Waals surface area contributed by atoms with Crippen LogP contribution in [-0.2, 0) is 11.3 Å². The van der Waals surface area contributed by atoms with E-state index in [1.807, 2.05) is 32.2 Å². The summed E-state index contributed by atoms with van der Waals surface area (Å²) in [6, 6.07) is 1.94. The average Bonchev–Trinajstić information content (AvgIpc) is 2.93. The largest absolute Gasteiger partial charge is 0.444 e. The van der Waals surface area contributed by atoms with E-state index in [2.05, 4.69) is 10.7 Å². The number of rotatable bonds is 3. The first-order valence-electron chi connectivity index (χ1n) is 6.75. The van der Waals surface area contributed by atoms with Crippen molar-refractivity contribution in [2.45, 2.75) is 45.1 Å². The molecule has 2 heterocycles. The molecule has 0 aromatic carbocycles. The number of nitrogens with one attached hydrogen (secondary N) is 1. The van der Waals surface area contributed by atoms with Crippen LogP contribution in [-0.4, -0.2) is 46.9 Å². The van der Waals surface area contributed by atoms with Crippen LogP contribution in [0, 0.1) is 0 Å². The summed E-state index contributed by atoms with van der Waals surface area (Å²) in [5.74, 6) is 0. The number of carbonyl (C=O) groups excluding carboxylic acids is 1. The lowest BCUT2D eigenvalue weighted by atomic mass is 10.2. The van der Waals surface area contributed by atoms with Crippen molar-refractivity contribution in [3.8, 4) is 0 Å². The fourth-order valence-corrected chi connectivity index (χ4v) is 2.77. The molecule has 0 aliphatic carbocycles. The van der Waals surface area contributed by atoms with Gasteiger partial charge >= 0.3 is 6.09 Å². The predicted octanol–water partition coefficient (Wildman–Crippen LogP) is 1.82. The van der Waals surface area contributed by atoms with Gasteiger partial charge in [-0.2, -0.15) is 11.3 Å². The molecule has 0 radical (unpaired) electrons. The monoisotopic (exact) mass is 298 g/mol. The summed E-state index contributed by atoms with van der Waals surface area (Å²) < 4.78 is 5.32. The van der Waals surface area contributed by atoms with E-state index < -0.39 is 11.7 Å². The van der Waals surface area contributed by atoms with E-state index in [0.29, 0.717) is 19.6 Å². The Labute approximate surface area is 123 Å². The number of β-amino-alcohol motifs (C(OH)–C–C–N with tert-alkyl or cyclic N) is 1. The van der Waals surface area contributed by atoms with Gasteiger partial charge in [0.2, 0.25) is 0 Å². The third kappa shape index (κ3) is 4.19. The Balaban J connectivity index is 1.84. The number of hydrogen-bond acceptors (Lipinski definition) is 5. The number of hydrogen-bond donors (Lipinski definition) is 2. The zero-order valence-corrected chi connectivity index (χ0v) is 12.9. The fraction of sp³-hybridized carbons (Fsp3) is 0.643. The molecule has 20 heavy (non-hydrogen) atoms. The van der Waals surface area contributed by atoms with Crippen LogP contribution >= 0.6 is 11.3 Å². The average molecular weight is 298 g/mol. The number of carbonyl (C=O) groups is 1. The van der Waals surface area contributed by atoms with Gasteiger partial charge in [-0.15, -0.1) is 0 Å². The first kappa shape index (κ1) is 15.3. The van der Waals surface area contributed by atoms with Crippen molar-refractivity contribution >= 4 is 17.4 Å². The van der Waals surface area contributed by atoms with Crippen molar-refractivity contribution in [3.63, 3.8) is 0 Å². The molecule has 2 atom stereocenters. The maximum atomic E-state index is 12.0. The highest BCUT2D eigenvalue weighted by molar-refractivity contribution is 7.07. The molecule has 1 aromatic heterocycles. The molecule has 1 aromatic rings. The van der Waals surface area contributed by atoms with Crippen LogP contribution in [0.4, 0.5) is 4.79 Å². The fourth-order valence-electron chi connectivity index (χ4n) is 2.11. The van der Waals surface area contributed by atoms with Crippen LogP contribution in [0.2, 0.25) is 0 Å². The normalized spacial score (nSPS) is 23.1. The first-order chi connectivity index (χ1) is 9.35. The molecule has 1 aliphatic heterocycles. The van der Waals surface area contributed by atoms with Crippen LogP contribution in [0.25, 0.3) is 0 Å². The van der Waals surface area contributed by atoms with Crippen LogP contribution in [0.1, 0.15) is 26.3 Å². The standard InChI is InChI=1S/C14H22N2O3S/c1-14(2,3)19-13(18)16-7-11(12(17)8-16)15-6-10-4-5-20-9-10/h4-5,9,11-12,15,17H,6-8H2,1-3H3/t11-,12-/m0/s1. The second kappa shape index (κ2) is 6.11. The Kier molecular flexibility index (Phi) is 4.67. The minimum absolute atomic E-state index is 0.109. The molecule has 1 amide bonds. The van der Waals surface area contributed by atoms with Gasteiger partial charge in [0, 0.05) is 13.1 Å². The first-order valence-corrected chi connectivity index (χ1v) is 7.70. The third-order valence-corrected chi connectivity index (χ3v) is 3.82. The lowest BCUT2D eigenvalue weighted by Crippen LogP contribution is -2.39. The molecule has 0 spiro atoms. The van der Waals surface area contributed by atoms with Crippen molar-refractivity contribution in [2.75, 3.05) is 13.1 Å². The van der Waals surface area contributed by atoms with Crippen LogP contribution < -0.4 is 5.32 Å². The van der Waals surface area contributed by atoms with E-state index in [4.69, 9.17) is 4.74 Å². The number of likely N-dealkylation sites (tertiary alicyclic amines) is 1. The number of thiophene rings is 1. The third-order valence-electron chi connectivity index (χ3n) is 3.09. The van der Waals surface area contributed by atoms with Gasteiger partial charge in [0.15, 0.2) is 0 Å². The minimum atomic E-state index is -0.554. The Bertz CT molecular complexity index is 442. The predicted molar refractivity (Wildman–Crippen MR) is 78.8 cm³/mol. The highest BCUT2D eigenvalue weighted by Gasteiger charge is 2.35. The van der Waals surface area contributed by atoms with Gasteiger partial charge in [0.1, 0.15) is 5.60 Å². The van der Waals surface area contributed by atoms with Gasteiger partial charge in [-0.3, -0.25) is 0 Å². The number of aliphatic hydroxyl groups excluding tert-OH is 1. The summed E-state index contributed by atoms with van der Waals surface area (Å²) in [4.78, 5) is 13.5. The number of nitrogens with zero attached hydrogens (tertiary/aromatic N) is 1. The van der Waals surface area contributed by atoms with Gasteiger partial charge in [0.05, 0.1) is 18.7 Å². The van der Waals surface area contributed by atoms with Crippen molar-refractivity contribution in [2.24, 2.45) is 0 Å². The molecule has 1 saturated heterocycles. The lowest BCUT2D eigenvalue weighted by Gasteiger charge is -2.24. The molecule has 0 unspecified atom stereocenters. The quantitative estimate of drug-likeness (QED) is 0.893. The van der Waals surface area contributed by atoms with Crippen molar-refractivity contribution in [3.05, 3.63) is 22.4 Å². The Morgan fingerprint density at radius 3 is 2.90 bits per heavy atom. The van der Waals surface area contributed by atoms with Crippen molar-refractivity contribution in [1.82, 2.24) is 10.2 Å². The Hall–Kier alpha value is -1.11. The molecule has 1 fully saturated rings. The van der Waals surface area contributed by atoms with E-state index >= 15 is 0 Å². The van der Waals surface area contributed by atoms with Gasteiger partial charge in [0.25, 0.3) is 0 Å². The summed E-state index contributed by atoms with van der Waals surface area (Å²) in [5, 5.41) is 17.4. The van der Waals surface area contributed by atoms with E-state index in [1.165, 1.54) is 5.56 Å². The zero-order chi connectivity index (χ0) is 14.8. The van der Waals surface area contributed by atoms with E-state index in [0.717, 1.165) is 0 Å². The van der Waals surface area contributed by atoms with Gasteiger partial charge in [-0.1, -0.05) is 0 Å². The Morgan fingerprint density at radius 1 is 1.55 bits per heavy atom. The molecular weight excluding hydrogens is 276 g/mol. The summed E-state index contributed by atoms with van der Waals surface area (Å²) in [6.45, 7) is 7.00. The topological polar surface area (TPSA) is 61.8 Å². The smallest absolute Gasteiger partial charge is 0.410 e.